The summed E-state index contributed by atoms with van der Waals surface area (Å²) in [6.07, 6.45) is -0.227. The molecule has 0 saturated carbocycles. The van der Waals surface area contributed by atoms with Crippen molar-refractivity contribution in [2.24, 2.45) is 0 Å². The molecule has 0 spiro atoms. The van der Waals surface area contributed by atoms with Crippen LogP contribution < -0.4 is 14.8 Å². The van der Waals surface area contributed by atoms with E-state index in [1.165, 1.54) is 7.11 Å². The average Bonchev–Trinajstić information content (AvgIpc) is 2.75. The number of benzene rings is 1. The maximum Gasteiger partial charge on any atom is 0.415 e. The lowest BCUT2D eigenvalue weighted by Crippen LogP contribution is -2.22. The summed E-state index contributed by atoms with van der Waals surface area (Å²) in [6.45, 7) is 0.535. The second kappa shape index (κ2) is 4.86. The molecule has 1 saturated heterocycles. The predicted octanol–water partition coefficient (Wildman–Crippen LogP) is 1.98. The Morgan fingerprint density at radius 1 is 1.45 bits per heavy atom. The summed E-state index contributed by atoms with van der Waals surface area (Å²) in [5.41, 5.74) is 1.26. The highest BCUT2D eigenvalue weighted by Crippen LogP contribution is 2.45. The van der Waals surface area contributed by atoms with Gasteiger partial charge in [-0.25, -0.2) is 4.79 Å². The number of ether oxygens (including phenoxy) is 3. The molecule has 1 N–H and O–H groups in total. The second-order valence-electron chi connectivity index (χ2n) is 4.52. The molecule has 6 nitrogen and oxygen atoms in total. The largest absolute Gasteiger partial charge is 0.495 e. The van der Waals surface area contributed by atoms with Gasteiger partial charge in [-0.15, -0.1) is 0 Å². The topological polar surface area (TPSA) is 73.9 Å². The number of cyclic esters (lactones) is 1. The fraction of sp³-hybridized carbons (Fsp3) is 0.385. The molecular weight excluding hydrogens is 286 g/mol. The zero-order chi connectivity index (χ0) is 14.3. The number of nitrogens with one attached hydrogen (secondary N) is 1. The molecule has 0 aromatic heterocycles. The lowest BCUT2D eigenvalue weighted by molar-refractivity contribution is -0.123. The molecule has 2 aliphatic rings. The highest BCUT2D eigenvalue weighted by molar-refractivity contribution is 6.32. The van der Waals surface area contributed by atoms with E-state index in [4.69, 9.17) is 25.8 Å². The minimum absolute atomic E-state index is 0.294. The van der Waals surface area contributed by atoms with Crippen LogP contribution in [-0.2, 0) is 16.0 Å². The number of amides is 2. The van der Waals surface area contributed by atoms with Gasteiger partial charge in [0.25, 0.3) is 5.91 Å². The quantitative estimate of drug-likeness (QED) is 0.903. The van der Waals surface area contributed by atoms with Gasteiger partial charge < -0.3 is 14.2 Å². The Bertz CT molecular complexity index is 601. The first-order valence-corrected chi connectivity index (χ1v) is 6.53. The smallest absolute Gasteiger partial charge is 0.415 e. The zero-order valence-electron chi connectivity index (χ0n) is 10.7. The van der Waals surface area contributed by atoms with Gasteiger partial charge in [-0.3, -0.25) is 10.1 Å². The third kappa shape index (κ3) is 1.96. The lowest BCUT2D eigenvalue weighted by Gasteiger charge is -2.24. The van der Waals surface area contributed by atoms with Gasteiger partial charge in [-0.1, -0.05) is 11.6 Å². The van der Waals surface area contributed by atoms with Crippen LogP contribution in [0.15, 0.2) is 6.07 Å². The van der Waals surface area contributed by atoms with Gasteiger partial charge in [0, 0.05) is 0 Å². The van der Waals surface area contributed by atoms with Crippen molar-refractivity contribution < 1.29 is 23.8 Å². The van der Waals surface area contributed by atoms with Crippen molar-refractivity contribution in [2.45, 2.75) is 18.9 Å². The number of carbonyl (C=O) groups is 2. The Morgan fingerprint density at radius 2 is 2.25 bits per heavy atom. The van der Waals surface area contributed by atoms with Crippen LogP contribution in [0.1, 0.15) is 23.7 Å². The minimum Gasteiger partial charge on any atom is -0.495 e. The van der Waals surface area contributed by atoms with Gasteiger partial charge in [-0.05, 0) is 24.5 Å². The Labute approximate surface area is 119 Å². The van der Waals surface area contributed by atoms with Gasteiger partial charge in [0.2, 0.25) is 6.10 Å². The first kappa shape index (κ1) is 13.1. The van der Waals surface area contributed by atoms with Crippen molar-refractivity contribution in [2.75, 3.05) is 13.7 Å². The van der Waals surface area contributed by atoms with Gasteiger partial charge in [-0.2, -0.15) is 0 Å². The number of aryl methyl sites for hydroxylation is 1. The Balaban J connectivity index is 2.19. The maximum atomic E-state index is 11.8. The molecule has 0 aliphatic carbocycles. The molecule has 2 heterocycles. The summed E-state index contributed by atoms with van der Waals surface area (Å²) in [5, 5.41) is 2.45. The van der Waals surface area contributed by atoms with Crippen molar-refractivity contribution >= 4 is 23.6 Å². The summed E-state index contributed by atoms with van der Waals surface area (Å²) in [7, 11) is 1.44. The van der Waals surface area contributed by atoms with Crippen LogP contribution >= 0.6 is 11.6 Å². The first-order valence-electron chi connectivity index (χ1n) is 6.15. The van der Waals surface area contributed by atoms with Crippen molar-refractivity contribution in [3.8, 4) is 11.5 Å². The maximum absolute atomic E-state index is 11.8. The standard InChI is InChI=1S/C13H12ClNO5/c1-18-10-7(14)5-6-3-2-4-19-9(6)8(10)11-12(16)15-13(17)20-11/h5,11H,2-4H2,1H3,(H,15,16,17). The minimum atomic E-state index is -1.09. The number of hydrogen-bond acceptors (Lipinski definition) is 5. The van der Waals surface area contributed by atoms with Crippen LogP contribution in [0.2, 0.25) is 5.02 Å². The SMILES string of the molecule is COc1c(Cl)cc2c(c1C1OC(=O)NC1=O)OCCC2. The van der Waals surface area contributed by atoms with Crippen LogP contribution in [0.25, 0.3) is 0 Å². The summed E-state index contributed by atoms with van der Waals surface area (Å²) in [5.74, 6) is 0.265. The summed E-state index contributed by atoms with van der Waals surface area (Å²) < 4.78 is 15.9. The number of fused-ring (bicyclic) bond motifs is 1. The van der Waals surface area contributed by atoms with Crippen molar-refractivity contribution in [1.82, 2.24) is 5.32 Å². The molecule has 1 aromatic rings. The van der Waals surface area contributed by atoms with Gasteiger partial charge in [0.1, 0.15) is 11.5 Å². The number of hydrogen-bond donors (Lipinski definition) is 1. The molecule has 2 aliphatic heterocycles. The van der Waals surface area contributed by atoms with Crippen molar-refractivity contribution in [3.63, 3.8) is 0 Å². The third-order valence-corrected chi connectivity index (χ3v) is 3.57. The Kier molecular flexibility index (Phi) is 3.17. The number of rotatable bonds is 2. The summed E-state index contributed by atoms with van der Waals surface area (Å²) >= 11 is 6.18. The Hall–Kier alpha value is -1.95. The van der Waals surface area contributed by atoms with E-state index >= 15 is 0 Å². The molecule has 1 unspecified atom stereocenters. The zero-order valence-corrected chi connectivity index (χ0v) is 11.5. The van der Waals surface area contributed by atoms with Gasteiger partial charge in [0.15, 0.2) is 0 Å². The van der Waals surface area contributed by atoms with E-state index in [2.05, 4.69) is 5.32 Å². The monoisotopic (exact) mass is 297 g/mol. The molecule has 106 valence electrons. The van der Waals surface area contributed by atoms with Crippen molar-refractivity contribution in [3.05, 3.63) is 22.2 Å². The molecule has 3 rings (SSSR count). The number of alkyl carbamates (subject to hydrolysis) is 1. The van der Waals surface area contributed by atoms with Gasteiger partial charge >= 0.3 is 6.09 Å². The van der Waals surface area contributed by atoms with Crippen LogP contribution in [0, 0.1) is 0 Å². The Morgan fingerprint density at radius 3 is 2.90 bits per heavy atom. The summed E-state index contributed by atoms with van der Waals surface area (Å²) in [4.78, 5) is 23.1. The first-order chi connectivity index (χ1) is 9.61. The fourth-order valence-corrected chi connectivity index (χ4v) is 2.78. The second-order valence-corrected chi connectivity index (χ2v) is 4.93. The number of imide groups is 1. The lowest BCUT2D eigenvalue weighted by atomic mass is 9.98. The molecular formula is C13H12ClNO5. The van der Waals surface area contributed by atoms with Gasteiger partial charge in [0.05, 0.1) is 24.3 Å². The molecule has 0 radical (unpaired) electrons. The molecule has 0 bridgehead atoms. The van der Waals surface area contributed by atoms with E-state index in [0.29, 0.717) is 28.7 Å². The molecule has 7 heteroatoms. The van der Waals surface area contributed by atoms with E-state index in [-0.39, 0.29) is 0 Å². The fourth-order valence-electron chi connectivity index (χ4n) is 2.47. The number of carbonyl (C=O) groups excluding carboxylic acids is 2. The summed E-state index contributed by atoms with van der Waals surface area (Å²) in [6, 6.07) is 1.76. The van der Waals surface area contributed by atoms with E-state index in [0.717, 1.165) is 18.4 Å². The van der Waals surface area contributed by atoms with Crippen LogP contribution in [0.3, 0.4) is 0 Å². The van der Waals surface area contributed by atoms with Crippen LogP contribution in [-0.4, -0.2) is 25.7 Å². The number of methoxy groups -OCH3 is 1. The van der Waals surface area contributed by atoms with E-state index in [1.807, 2.05) is 0 Å². The molecule has 1 aromatic carbocycles. The highest BCUT2D eigenvalue weighted by Gasteiger charge is 2.40. The van der Waals surface area contributed by atoms with Crippen LogP contribution in [0.5, 0.6) is 11.5 Å². The van der Waals surface area contributed by atoms with Crippen molar-refractivity contribution in [1.29, 1.82) is 0 Å². The molecule has 1 fully saturated rings. The van der Waals surface area contributed by atoms with E-state index < -0.39 is 18.1 Å². The molecule has 2 amide bonds. The van der Waals surface area contributed by atoms with Crippen LogP contribution in [0.4, 0.5) is 4.79 Å². The average molecular weight is 298 g/mol. The number of halogens is 1. The van der Waals surface area contributed by atoms with E-state index in [9.17, 15) is 9.59 Å². The normalized spacial score (nSPS) is 20.8. The third-order valence-electron chi connectivity index (χ3n) is 3.29. The molecule has 20 heavy (non-hydrogen) atoms. The predicted molar refractivity (Wildman–Crippen MR) is 69.2 cm³/mol. The highest BCUT2D eigenvalue weighted by atomic mass is 35.5. The molecule has 1 atom stereocenters. The van der Waals surface area contributed by atoms with E-state index in [1.54, 1.807) is 6.07 Å².